The van der Waals surface area contributed by atoms with Crippen LogP contribution in [0.1, 0.15) is 26.3 Å². The SMILES string of the molecule is O=C(O)c1cc(N=Cc2cccc3ccccc23)cc(C(=O)O)c1. The third-order valence-electron chi connectivity index (χ3n) is 3.59. The van der Waals surface area contributed by atoms with Crippen molar-refractivity contribution in [2.75, 3.05) is 0 Å². The van der Waals surface area contributed by atoms with Gasteiger partial charge >= 0.3 is 11.9 Å². The summed E-state index contributed by atoms with van der Waals surface area (Å²) in [5, 5.41) is 20.3. The second-order valence-corrected chi connectivity index (χ2v) is 5.21. The van der Waals surface area contributed by atoms with Gasteiger partial charge in [-0.3, -0.25) is 4.99 Å². The Labute approximate surface area is 137 Å². The molecule has 0 spiro atoms. The Morgan fingerprint density at radius 2 is 1.46 bits per heavy atom. The number of carbonyl (C=O) groups is 2. The van der Waals surface area contributed by atoms with Gasteiger partial charge in [0.25, 0.3) is 0 Å². The number of rotatable bonds is 4. The molecule has 24 heavy (non-hydrogen) atoms. The highest BCUT2D eigenvalue weighted by molar-refractivity contribution is 6.01. The Hall–Kier alpha value is -3.47. The van der Waals surface area contributed by atoms with E-state index < -0.39 is 11.9 Å². The van der Waals surface area contributed by atoms with Crippen LogP contribution in [0.4, 0.5) is 5.69 Å². The van der Waals surface area contributed by atoms with Gasteiger partial charge in [-0.05, 0) is 29.0 Å². The maximum atomic E-state index is 11.1. The highest BCUT2D eigenvalue weighted by Gasteiger charge is 2.11. The van der Waals surface area contributed by atoms with E-state index in [-0.39, 0.29) is 16.8 Å². The number of hydrogen-bond donors (Lipinski definition) is 2. The van der Waals surface area contributed by atoms with Crippen LogP contribution < -0.4 is 0 Å². The zero-order valence-electron chi connectivity index (χ0n) is 12.5. The predicted molar refractivity (Wildman–Crippen MR) is 91.6 cm³/mol. The molecular formula is C19H13NO4. The van der Waals surface area contributed by atoms with Crippen LogP contribution in [0.2, 0.25) is 0 Å². The third kappa shape index (κ3) is 3.15. The van der Waals surface area contributed by atoms with Gasteiger partial charge in [0.1, 0.15) is 0 Å². The van der Waals surface area contributed by atoms with Crippen LogP contribution in [0.25, 0.3) is 10.8 Å². The van der Waals surface area contributed by atoms with Crippen molar-refractivity contribution in [3.05, 3.63) is 77.4 Å². The summed E-state index contributed by atoms with van der Waals surface area (Å²) in [6, 6.07) is 17.4. The molecule has 0 radical (unpaired) electrons. The molecular weight excluding hydrogens is 306 g/mol. The number of carboxylic acids is 2. The number of nitrogens with zero attached hydrogens (tertiary/aromatic N) is 1. The lowest BCUT2D eigenvalue weighted by Crippen LogP contribution is -2.01. The molecule has 0 aliphatic heterocycles. The summed E-state index contributed by atoms with van der Waals surface area (Å²) in [5.41, 5.74) is 0.922. The van der Waals surface area contributed by atoms with Gasteiger partial charge in [0.15, 0.2) is 0 Å². The lowest BCUT2D eigenvalue weighted by molar-refractivity contribution is 0.0696. The number of hydrogen-bond acceptors (Lipinski definition) is 3. The number of fused-ring (bicyclic) bond motifs is 1. The Balaban J connectivity index is 2.05. The second kappa shape index (κ2) is 6.34. The predicted octanol–water partition coefficient (Wildman–Crippen LogP) is 3.99. The molecule has 0 bridgehead atoms. The smallest absolute Gasteiger partial charge is 0.335 e. The second-order valence-electron chi connectivity index (χ2n) is 5.21. The first-order valence-corrected chi connectivity index (χ1v) is 7.18. The minimum atomic E-state index is -1.19. The molecule has 3 aromatic rings. The summed E-state index contributed by atoms with van der Waals surface area (Å²) in [6.45, 7) is 0. The van der Waals surface area contributed by atoms with E-state index in [0.29, 0.717) is 0 Å². The average Bonchev–Trinajstić information content (AvgIpc) is 2.59. The molecule has 5 heteroatoms. The van der Waals surface area contributed by atoms with Crippen molar-refractivity contribution in [1.29, 1.82) is 0 Å². The summed E-state index contributed by atoms with van der Waals surface area (Å²) >= 11 is 0. The van der Waals surface area contributed by atoms with Crippen molar-refractivity contribution < 1.29 is 19.8 Å². The van der Waals surface area contributed by atoms with E-state index in [9.17, 15) is 9.59 Å². The van der Waals surface area contributed by atoms with E-state index >= 15 is 0 Å². The van der Waals surface area contributed by atoms with E-state index in [1.165, 1.54) is 12.1 Å². The first-order chi connectivity index (χ1) is 11.5. The normalized spacial score (nSPS) is 11.0. The maximum absolute atomic E-state index is 11.1. The van der Waals surface area contributed by atoms with Crippen LogP contribution in [0.3, 0.4) is 0 Å². The van der Waals surface area contributed by atoms with Gasteiger partial charge in [-0.25, -0.2) is 9.59 Å². The van der Waals surface area contributed by atoms with E-state index in [0.717, 1.165) is 22.4 Å². The number of carboxylic acid groups (broad SMARTS) is 2. The molecule has 3 rings (SSSR count). The standard InChI is InChI=1S/C19H13NO4/c21-18(22)14-8-15(19(23)24)10-16(9-14)20-11-13-6-3-5-12-4-1-2-7-17(12)13/h1-11H,(H,21,22)(H,23,24). The molecule has 0 amide bonds. The fourth-order valence-electron chi connectivity index (χ4n) is 2.44. The van der Waals surface area contributed by atoms with Gasteiger partial charge in [0.2, 0.25) is 0 Å². The van der Waals surface area contributed by atoms with E-state index in [1.54, 1.807) is 6.21 Å². The topological polar surface area (TPSA) is 87.0 Å². The Morgan fingerprint density at radius 3 is 2.12 bits per heavy atom. The molecule has 0 saturated heterocycles. The molecule has 0 unspecified atom stereocenters. The van der Waals surface area contributed by atoms with Crippen LogP contribution in [0, 0.1) is 0 Å². The lowest BCUT2D eigenvalue weighted by Gasteiger charge is -2.03. The maximum Gasteiger partial charge on any atom is 0.335 e. The van der Waals surface area contributed by atoms with Gasteiger partial charge in [-0.1, -0.05) is 42.5 Å². The van der Waals surface area contributed by atoms with Crippen LogP contribution in [-0.4, -0.2) is 28.4 Å². The van der Waals surface area contributed by atoms with Gasteiger partial charge in [0, 0.05) is 11.8 Å². The van der Waals surface area contributed by atoms with Crippen molar-refractivity contribution in [3.8, 4) is 0 Å². The van der Waals surface area contributed by atoms with Crippen LogP contribution in [0.15, 0.2) is 65.7 Å². The molecule has 0 aromatic heterocycles. The Kier molecular flexibility index (Phi) is 4.07. The molecule has 0 fully saturated rings. The summed E-state index contributed by atoms with van der Waals surface area (Å²) in [7, 11) is 0. The van der Waals surface area contributed by atoms with Gasteiger partial charge in [-0.2, -0.15) is 0 Å². The zero-order valence-corrected chi connectivity index (χ0v) is 12.5. The van der Waals surface area contributed by atoms with Crippen molar-refractivity contribution in [2.24, 2.45) is 4.99 Å². The first kappa shape index (κ1) is 15.4. The third-order valence-corrected chi connectivity index (χ3v) is 3.59. The summed E-state index contributed by atoms with van der Waals surface area (Å²) in [5.74, 6) is -2.39. The number of aliphatic imine (C=N–C) groups is 1. The van der Waals surface area contributed by atoms with Crippen molar-refractivity contribution >= 4 is 34.6 Å². The highest BCUT2D eigenvalue weighted by atomic mass is 16.4. The first-order valence-electron chi connectivity index (χ1n) is 7.18. The van der Waals surface area contributed by atoms with Gasteiger partial charge < -0.3 is 10.2 Å². The molecule has 5 nitrogen and oxygen atoms in total. The molecule has 118 valence electrons. The van der Waals surface area contributed by atoms with Crippen LogP contribution in [-0.2, 0) is 0 Å². The number of benzene rings is 3. The monoisotopic (exact) mass is 319 g/mol. The van der Waals surface area contributed by atoms with Gasteiger partial charge in [-0.15, -0.1) is 0 Å². The Morgan fingerprint density at radius 1 is 0.833 bits per heavy atom. The molecule has 0 aliphatic rings. The molecule has 0 heterocycles. The fourth-order valence-corrected chi connectivity index (χ4v) is 2.44. The summed E-state index contributed by atoms with van der Waals surface area (Å²) in [4.78, 5) is 26.5. The largest absolute Gasteiger partial charge is 0.478 e. The van der Waals surface area contributed by atoms with E-state index in [2.05, 4.69) is 4.99 Å². The molecule has 2 N–H and O–H groups in total. The minimum Gasteiger partial charge on any atom is -0.478 e. The molecule has 0 atom stereocenters. The summed E-state index contributed by atoms with van der Waals surface area (Å²) in [6.07, 6.45) is 1.61. The summed E-state index contributed by atoms with van der Waals surface area (Å²) < 4.78 is 0. The molecule has 0 saturated carbocycles. The quantitative estimate of drug-likeness (QED) is 0.712. The van der Waals surface area contributed by atoms with Gasteiger partial charge in [0.05, 0.1) is 16.8 Å². The van der Waals surface area contributed by atoms with Crippen LogP contribution >= 0.6 is 0 Å². The average molecular weight is 319 g/mol. The Bertz CT molecular complexity index is 939. The molecule has 0 aliphatic carbocycles. The fraction of sp³-hybridized carbons (Fsp3) is 0. The van der Waals surface area contributed by atoms with Crippen LogP contribution in [0.5, 0.6) is 0 Å². The van der Waals surface area contributed by atoms with E-state index in [4.69, 9.17) is 10.2 Å². The number of aromatic carboxylic acids is 2. The highest BCUT2D eigenvalue weighted by Crippen LogP contribution is 2.21. The van der Waals surface area contributed by atoms with Crippen molar-refractivity contribution in [1.82, 2.24) is 0 Å². The molecule has 3 aromatic carbocycles. The minimum absolute atomic E-state index is 0.111. The lowest BCUT2D eigenvalue weighted by atomic mass is 10.1. The zero-order chi connectivity index (χ0) is 17.1. The van der Waals surface area contributed by atoms with E-state index in [1.807, 2.05) is 42.5 Å². The van der Waals surface area contributed by atoms with Crippen molar-refractivity contribution in [2.45, 2.75) is 0 Å². The van der Waals surface area contributed by atoms with Crippen molar-refractivity contribution in [3.63, 3.8) is 0 Å².